The van der Waals surface area contributed by atoms with E-state index in [0.29, 0.717) is 30.7 Å². The fraction of sp³-hybridized carbons (Fsp3) is 0.667. The number of hydrogen-bond donors (Lipinski definition) is 2. The van der Waals surface area contributed by atoms with Crippen molar-refractivity contribution in [2.24, 2.45) is 11.8 Å². The van der Waals surface area contributed by atoms with Crippen molar-refractivity contribution in [3.05, 3.63) is 12.1 Å². The SMILES string of the molecule is CC(C)COc1nc(NCCOCC2CC2)ccc1N. The number of hydrogen-bond acceptors (Lipinski definition) is 5. The molecule has 0 spiro atoms. The molecular weight excluding hydrogens is 254 g/mol. The minimum atomic E-state index is 0.448. The summed E-state index contributed by atoms with van der Waals surface area (Å²) in [5.74, 6) is 2.53. The van der Waals surface area contributed by atoms with Crippen LogP contribution in [0.5, 0.6) is 5.88 Å². The van der Waals surface area contributed by atoms with Gasteiger partial charge in [0.1, 0.15) is 5.82 Å². The second kappa shape index (κ2) is 7.33. The third-order valence-electron chi connectivity index (χ3n) is 3.05. The fourth-order valence-electron chi connectivity index (χ4n) is 1.70. The Kier molecular flexibility index (Phi) is 5.47. The van der Waals surface area contributed by atoms with Crippen LogP contribution in [0.2, 0.25) is 0 Å². The zero-order chi connectivity index (χ0) is 14.4. The van der Waals surface area contributed by atoms with Gasteiger partial charge in [0.25, 0.3) is 0 Å². The summed E-state index contributed by atoms with van der Waals surface area (Å²) in [7, 11) is 0. The van der Waals surface area contributed by atoms with Gasteiger partial charge in [0, 0.05) is 13.2 Å². The number of anilines is 2. The monoisotopic (exact) mass is 279 g/mol. The topological polar surface area (TPSA) is 69.4 Å². The number of ether oxygens (including phenoxy) is 2. The normalized spacial score (nSPS) is 14.6. The maximum absolute atomic E-state index is 5.85. The number of pyridine rings is 1. The van der Waals surface area contributed by atoms with E-state index in [1.54, 1.807) is 0 Å². The number of nitrogens with zero attached hydrogens (tertiary/aromatic N) is 1. The predicted octanol–water partition coefficient (Wildman–Crippen LogP) is 2.54. The van der Waals surface area contributed by atoms with Crippen molar-refractivity contribution in [1.82, 2.24) is 4.98 Å². The molecule has 0 saturated heterocycles. The Bertz CT molecular complexity index is 420. The van der Waals surface area contributed by atoms with Crippen molar-refractivity contribution in [1.29, 1.82) is 0 Å². The zero-order valence-electron chi connectivity index (χ0n) is 12.4. The lowest BCUT2D eigenvalue weighted by Crippen LogP contribution is -2.13. The van der Waals surface area contributed by atoms with Crippen LogP contribution >= 0.6 is 0 Å². The van der Waals surface area contributed by atoms with Crippen molar-refractivity contribution < 1.29 is 9.47 Å². The highest BCUT2D eigenvalue weighted by molar-refractivity contribution is 5.53. The number of nitrogens with one attached hydrogen (secondary N) is 1. The first-order valence-corrected chi connectivity index (χ1v) is 7.36. The molecular formula is C15H25N3O2. The van der Waals surface area contributed by atoms with E-state index in [4.69, 9.17) is 15.2 Å². The molecule has 0 unspecified atom stereocenters. The Morgan fingerprint density at radius 3 is 2.90 bits per heavy atom. The van der Waals surface area contributed by atoms with E-state index in [1.165, 1.54) is 12.8 Å². The van der Waals surface area contributed by atoms with Crippen molar-refractivity contribution in [3.8, 4) is 5.88 Å². The molecule has 5 heteroatoms. The summed E-state index contributed by atoms with van der Waals surface area (Å²) >= 11 is 0. The molecule has 20 heavy (non-hydrogen) atoms. The molecule has 5 nitrogen and oxygen atoms in total. The van der Waals surface area contributed by atoms with E-state index in [0.717, 1.165) is 24.9 Å². The van der Waals surface area contributed by atoms with Gasteiger partial charge in [0.05, 0.1) is 18.9 Å². The lowest BCUT2D eigenvalue weighted by atomic mass is 10.2. The average Bonchev–Trinajstić information content (AvgIpc) is 3.22. The first-order chi connectivity index (χ1) is 9.65. The molecule has 1 aliphatic rings. The lowest BCUT2D eigenvalue weighted by molar-refractivity contribution is 0.134. The van der Waals surface area contributed by atoms with Crippen LogP contribution < -0.4 is 15.8 Å². The van der Waals surface area contributed by atoms with E-state index in [-0.39, 0.29) is 0 Å². The molecule has 1 aromatic heterocycles. The minimum absolute atomic E-state index is 0.448. The highest BCUT2D eigenvalue weighted by Crippen LogP contribution is 2.28. The average molecular weight is 279 g/mol. The van der Waals surface area contributed by atoms with Gasteiger partial charge in [0.2, 0.25) is 5.88 Å². The Morgan fingerprint density at radius 1 is 1.40 bits per heavy atom. The summed E-state index contributed by atoms with van der Waals surface area (Å²) in [6.45, 7) is 7.13. The molecule has 0 bridgehead atoms. The van der Waals surface area contributed by atoms with Crippen LogP contribution in [0.15, 0.2) is 12.1 Å². The minimum Gasteiger partial charge on any atom is -0.476 e. The summed E-state index contributed by atoms with van der Waals surface area (Å²) in [5, 5.41) is 3.22. The van der Waals surface area contributed by atoms with Gasteiger partial charge < -0.3 is 20.5 Å². The summed E-state index contributed by atoms with van der Waals surface area (Å²) in [5.41, 5.74) is 6.42. The summed E-state index contributed by atoms with van der Waals surface area (Å²) in [4.78, 5) is 4.38. The van der Waals surface area contributed by atoms with Gasteiger partial charge in [-0.05, 0) is 36.8 Å². The first-order valence-electron chi connectivity index (χ1n) is 7.36. The van der Waals surface area contributed by atoms with Crippen LogP contribution in [0.4, 0.5) is 11.5 Å². The number of nitrogen functional groups attached to an aromatic ring is 1. The summed E-state index contributed by atoms with van der Waals surface area (Å²) < 4.78 is 11.2. The van der Waals surface area contributed by atoms with Gasteiger partial charge in [0.15, 0.2) is 0 Å². The highest BCUT2D eigenvalue weighted by Gasteiger charge is 2.20. The zero-order valence-corrected chi connectivity index (χ0v) is 12.4. The molecule has 0 aliphatic heterocycles. The summed E-state index contributed by atoms with van der Waals surface area (Å²) in [6, 6.07) is 3.68. The molecule has 112 valence electrons. The third kappa shape index (κ3) is 5.25. The van der Waals surface area contributed by atoms with Crippen LogP contribution in [-0.4, -0.2) is 31.3 Å². The van der Waals surface area contributed by atoms with Crippen molar-refractivity contribution in [3.63, 3.8) is 0 Å². The Morgan fingerprint density at radius 2 is 2.20 bits per heavy atom. The van der Waals surface area contributed by atoms with Crippen molar-refractivity contribution in [2.75, 3.05) is 37.4 Å². The van der Waals surface area contributed by atoms with Crippen LogP contribution in [-0.2, 0) is 4.74 Å². The van der Waals surface area contributed by atoms with E-state index < -0.39 is 0 Å². The molecule has 0 radical (unpaired) electrons. The molecule has 3 N–H and O–H groups in total. The van der Waals surface area contributed by atoms with Crippen LogP contribution in [0, 0.1) is 11.8 Å². The van der Waals surface area contributed by atoms with Gasteiger partial charge >= 0.3 is 0 Å². The Balaban J connectivity index is 1.73. The van der Waals surface area contributed by atoms with Crippen LogP contribution in [0.25, 0.3) is 0 Å². The number of aromatic nitrogens is 1. The van der Waals surface area contributed by atoms with Gasteiger partial charge in [-0.25, -0.2) is 0 Å². The molecule has 0 amide bonds. The second-order valence-electron chi connectivity index (χ2n) is 5.74. The Labute approximate surface area is 120 Å². The van der Waals surface area contributed by atoms with E-state index in [1.807, 2.05) is 12.1 Å². The molecule has 0 atom stereocenters. The molecule has 1 aromatic rings. The molecule has 1 fully saturated rings. The van der Waals surface area contributed by atoms with Gasteiger partial charge in [-0.2, -0.15) is 4.98 Å². The molecule has 1 saturated carbocycles. The molecule has 2 rings (SSSR count). The van der Waals surface area contributed by atoms with Gasteiger partial charge in [-0.3, -0.25) is 0 Å². The highest BCUT2D eigenvalue weighted by atomic mass is 16.5. The van der Waals surface area contributed by atoms with Crippen molar-refractivity contribution in [2.45, 2.75) is 26.7 Å². The van der Waals surface area contributed by atoms with Gasteiger partial charge in [-0.15, -0.1) is 0 Å². The maximum Gasteiger partial charge on any atom is 0.239 e. The van der Waals surface area contributed by atoms with Gasteiger partial charge in [-0.1, -0.05) is 13.8 Å². The molecule has 0 aromatic carbocycles. The van der Waals surface area contributed by atoms with Crippen LogP contribution in [0.1, 0.15) is 26.7 Å². The van der Waals surface area contributed by atoms with E-state index >= 15 is 0 Å². The largest absolute Gasteiger partial charge is 0.476 e. The standard InChI is InChI=1S/C15H25N3O2/c1-11(2)9-20-15-13(16)5-6-14(18-15)17-7-8-19-10-12-3-4-12/h5-6,11-12H,3-4,7-10,16H2,1-2H3,(H,17,18). The summed E-state index contributed by atoms with van der Waals surface area (Å²) in [6.07, 6.45) is 2.65. The molecule has 1 aliphatic carbocycles. The van der Waals surface area contributed by atoms with E-state index in [2.05, 4.69) is 24.1 Å². The van der Waals surface area contributed by atoms with Crippen LogP contribution in [0.3, 0.4) is 0 Å². The molecule has 1 heterocycles. The fourth-order valence-corrected chi connectivity index (χ4v) is 1.70. The first kappa shape index (κ1) is 14.9. The maximum atomic E-state index is 5.85. The number of rotatable bonds is 9. The second-order valence-corrected chi connectivity index (χ2v) is 5.74. The Hall–Kier alpha value is -1.49. The predicted molar refractivity (Wildman–Crippen MR) is 81.0 cm³/mol. The lowest BCUT2D eigenvalue weighted by Gasteiger charge is -2.12. The van der Waals surface area contributed by atoms with Crippen molar-refractivity contribution >= 4 is 11.5 Å². The number of nitrogens with two attached hydrogens (primary N) is 1. The quantitative estimate of drug-likeness (QED) is 0.680. The third-order valence-corrected chi connectivity index (χ3v) is 3.05. The smallest absolute Gasteiger partial charge is 0.239 e. The van der Waals surface area contributed by atoms with E-state index in [9.17, 15) is 0 Å².